The minimum absolute atomic E-state index is 0.287. The summed E-state index contributed by atoms with van der Waals surface area (Å²) in [7, 11) is 0. The molecule has 0 aliphatic rings. The molecule has 3 rings (SSSR count). The van der Waals surface area contributed by atoms with Gasteiger partial charge in [-0.1, -0.05) is 17.3 Å². The van der Waals surface area contributed by atoms with E-state index in [2.05, 4.69) is 20.9 Å². The molecule has 1 aromatic carbocycles. The van der Waals surface area contributed by atoms with E-state index in [9.17, 15) is 4.79 Å². The largest absolute Gasteiger partial charge is 0.361 e. The van der Waals surface area contributed by atoms with Gasteiger partial charge >= 0.3 is 6.03 Å². The number of nitrogens with zero attached hydrogens (tertiary/aromatic N) is 3. The molecule has 0 aliphatic carbocycles. The first-order chi connectivity index (χ1) is 11.2. The van der Waals surface area contributed by atoms with Gasteiger partial charge in [-0.05, 0) is 30.7 Å². The van der Waals surface area contributed by atoms with Gasteiger partial charge in [0.25, 0.3) is 0 Å². The summed E-state index contributed by atoms with van der Waals surface area (Å²) in [4.78, 5) is 11.8. The third kappa shape index (κ3) is 4.19. The SMILES string of the molecule is Cc1cc(CNC(=O)Nc2ccc(Cn3cccn3)cc2)no1. The zero-order valence-corrected chi connectivity index (χ0v) is 12.7. The van der Waals surface area contributed by atoms with E-state index < -0.39 is 0 Å². The number of carbonyl (C=O) groups is 1. The van der Waals surface area contributed by atoms with E-state index in [4.69, 9.17) is 4.52 Å². The van der Waals surface area contributed by atoms with Crippen LogP contribution in [0.2, 0.25) is 0 Å². The van der Waals surface area contributed by atoms with E-state index in [-0.39, 0.29) is 6.03 Å². The maximum atomic E-state index is 11.8. The Hall–Kier alpha value is -3.09. The van der Waals surface area contributed by atoms with Gasteiger partial charge < -0.3 is 15.2 Å². The van der Waals surface area contributed by atoms with E-state index in [1.807, 2.05) is 41.2 Å². The summed E-state index contributed by atoms with van der Waals surface area (Å²) in [5.41, 5.74) is 2.52. The number of urea groups is 1. The molecule has 7 heteroatoms. The van der Waals surface area contributed by atoms with Gasteiger partial charge in [0, 0.05) is 24.1 Å². The molecular formula is C16H17N5O2. The van der Waals surface area contributed by atoms with Crippen molar-refractivity contribution in [3.05, 3.63) is 65.8 Å². The number of rotatable bonds is 5. The third-order valence-corrected chi connectivity index (χ3v) is 3.22. The zero-order chi connectivity index (χ0) is 16.1. The summed E-state index contributed by atoms with van der Waals surface area (Å²) in [5, 5.41) is 13.5. The summed E-state index contributed by atoms with van der Waals surface area (Å²) in [5.74, 6) is 0.718. The molecule has 0 unspecified atom stereocenters. The smallest absolute Gasteiger partial charge is 0.319 e. The Morgan fingerprint density at radius 2 is 2.13 bits per heavy atom. The first-order valence-corrected chi connectivity index (χ1v) is 7.22. The molecule has 0 radical (unpaired) electrons. The molecule has 7 nitrogen and oxygen atoms in total. The van der Waals surface area contributed by atoms with Crippen LogP contribution in [0.1, 0.15) is 17.0 Å². The summed E-state index contributed by atoms with van der Waals surface area (Å²) < 4.78 is 6.78. The van der Waals surface area contributed by atoms with Gasteiger partial charge in [-0.15, -0.1) is 0 Å². The van der Waals surface area contributed by atoms with Crippen LogP contribution in [0, 0.1) is 6.92 Å². The number of anilines is 1. The Balaban J connectivity index is 1.50. The quantitative estimate of drug-likeness (QED) is 0.758. The van der Waals surface area contributed by atoms with Crippen LogP contribution in [0.25, 0.3) is 0 Å². The predicted molar refractivity (Wildman–Crippen MR) is 84.9 cm³/mol. The topological polar surface area (TPSA) is 85.0 Å². The lowest BCUT2D eigenvalue weighted by Crippen LogP contribution is -2.28. The maximum Gasteiger partial charge on any atom is 0.319 e. The third-order valence-electron chi connectivity index (χ3n) is 3.22. The van der Waals surface area contributed by atoms with E-state index in [1.165, 1.54) is 0 Å². The molecule has 23 heavy (non-hydrogen) atoms. The standard InChI is InChI=1S/C16H17N5O2/c1-12-9-15(20-23-12)10-17-16(22)19-14-5-3-13(4-6-14)11-21-8-2-7-18-21/h2-9H,10-11H2,1H3,(H2,17,19,22). The summed E-state index contributed by atoms with van der Waals surface area (Å²) in [6.07, 6.45) is 3.65. The minimum atomic E-state index is -0.287. The molecule has 2 N–H and O–H groups in total. The van der Waals surface area contributed by atoms with Crippen molar-refractivity contribution in [3.8, 4) is 0 Å². The van der Waals surface area contributed by atoms with Crippen LogP contribution in [0.5, 0.6) is 0 Å². The molecule has 3 aromatic rings. The number of nitrogens with one attached hydrogen (secondary N) is 2. The number of aromatic nitrogens is 3. The molecule has 0 spiro atoms. The summed E-state index contributed by atoms with van der Waals surface area (Å²) in [6, 6.07) is 11.0. The van der Waals surface area contributed by atoms with Crippen LogP contribution >= 0.6 is 0 Å². The van der Waals surface area contributed by atoms with Gasteiger partial charge in [0.2, 0.25) is 0 Å². The van der Waals surface area contributed by atoms with E-state index in [1.54, 1.807) is 19.2 Å². The minimum Gasteiger partial charge on any atom is -0.361 e. The second-order valence-electron chi connectivity index (χ2n) is 5.14. The normalized spacial score (nSPS) is 10.5. The van der Waals surface area contributed by atoms with E-state index >= 15 is 0 Å². The van der Waals surface area contributed by atoms with Gasteiger partial charge in [0.1, 0.15) is 11.5 Å². The van der Waals surface area contributed by atoms with Crippen molar-refractivity contribution in [2.45, 2.75) is 20.0 Å². The second kappa shape index (κ2) is 6.78. The fourth-order valence-corrected chi connectivity index (χ4v) is 2.12. The first-order valence-electron chi connectivity index (χ1n) is 7.22. The Labute approximate surface area is 133 Å². The Morgan fingerprint density at radius 1 is 1.30 bits per heavy atom. The Kier molecular flexibility index (Phi) is 4.37. The summed E-state index contributed by atoms with van der Waals surface area (Å²) in [6.45, 7) is 2.83. The van der Waals surface area contributed by atoms with Crippen molar-refractivity contribution < 1.29 is 9.32 Å². The van der Waals surface area contributed by atoms with Gasteiger partial charge in [0.05, 0.1) is 13.1 Å². The van der Waals surface area contributed by atoms with E-state index in [0.717, 1.165) is 17.0 Å². The number of hydrogen-bond donors (Lipinski definition) is 2. The second-order valence-corrected chi connectivity index (χ2v) is 5.14. The van der Waals surface area contributed by atoms with Crippen molar-refractivity contribution in [2.24, 2.45) is 0 Å². The molecular weight excluding hydrogens is 294 g/mol. The number of aryl methyl sites for hydroxylation is 1. The molecule has 0 atom stereocenters. The van der Waals surface area contributed by atoms with Crippen LogP contribution < -0.4 is 10.6 Å². The Morgan fingerprint density at radius 3 is 2.78 bits per heavy atom. The van der Waals surface area contributed by atoms with Crippen molar-refractivity contribution in [3.63, 3.8) is 0 Å². The van der Waals surface area contributed by atoms with Crippen LogP contribution in [-0.2, 0) is 13.1 Å². The molecule has 0 saturated heterocycles. The number of amides is 2. The van der Waals surface area contributed by atoms with Gasteiger partial charge in [-0.3, -0.25) is 4.68 Å². The van der Waals surface area contributed by atoms with Gasteiger partial charge in [-0.25, -0.2) is 4.79 Å². The molecule has 2 heterocycles. The highest BCUT2D eigenvalue weighted by Crippen LogP contribution is 2.10. The molecule has 0 fully saturated rings. The maximum absolute atomic E-state index is 11.8. The molecule has 0 bridgehead atoms. The number of hydrogen-bond acceptors (Lipinski definition) is 4. The Bertz CT molecular complexity index is 762. The highest BCUT2D eigenvalue weighted by Gasteiger charge is 2.05. The van der Waals surface area contributed by atoms with Crippen LogP contribution in [0.4, 0.5) is 10.5 Å². The number of carbonyl (C=O) groups excluding carboxylic acids is 1. The lowest BCUT2D eigenvalue weighted by molar-refractivity contribution is 0.251. The molecule has 118 valence electrons. The van der Waals surface area contributed by atoms with Crippen LogP contribution in [-0.4, -0.2) is 21.0 Å². The van der Waals surface area contributed by atoms with Crippen molar-refractivity contribution >= 4 is 11.7 Å². The molecule has 0 saturated carbocycles. The molecule has 2 aromatic heterocycles. The van der Waals surface area contributed by atoms with Gasteiger partial charge in [0.15, 0.2) is 0 Å². The lowest BCUT2D eigenvalue weighted by Gasteiger charge is -2.07. The van der Waals surface area contributed by atoms with Crippen molar-refractivity contribution in [1.82, 2.24) is 20.3 Å². The average Bonchev–Trinajstić information content (AvgIpc) is 3.19. The average molecular weight is 311 g/mol. The highest BCUT2D eigenvalue weighted by atomic mass is 16.5. The van der Waals surface area contributed by atoms with Crippen LogP contribution in [0.3, 0.4) is 0 Å². The fourth-order valence-electron chi connectivity index (χ4n) is 2.12. The summed E-state index contributed by atoms with van der Waals surface area (Å²) >= 11 is 0. The predicted octanol–water partition coefficient (Wildman–Crippen LogP) is 2.55. The molecule has 2 amide bonds. The lowest BCUT2D eigenvalue weighted by atomic mass is 10.2. The number of benzene rings is 1. The van der Waals surface area contributed by atoms with Crippen molar-refractivity contribution in [2.75, 3.05) is 5.32 Å². The van der Waals surface area contributed by atoms with E-state index in [0.29, 0.717) is 18.8 Å². The molecule has 0 aliphatic heterocycles. The zero-order valence-electron chi connectivity index (χ0n) is 12.7. The fraction of sp³-hybridized carbons (Fsp3) is 0.188. The highest BCUT2D eigenvalue weighted by molar-refractivity contribution is 5.89. The monoisotopic (exact) mass is 311 g/mol. The van der Waals surface area contributed by atoms with Crippen molar-refractivity contribution in [1.29, 1.82) is 0 Å². The van der Waals surface area contributed by atoms with Crippen LogP contribution in [0.15, 0.2) is 53.3 Å². The first kappa shape index (κ1) is 14.8. The van der Waals surface area contributed by atoms with Gasteiger partial charge in [-0.2, -0.15) is 5.10 Å².